The van der Waals surface area contributed by atoms with E-state index in [-0.39, 0.29) is 26.2 Å². The molecule has 0 aliphatic heterocycles. The van der Waals surface area contributed by atoms with Gasteiger partial charge in [0.15, 0.2) is 0 Å². The molecule has 2 aromatic carbocycles. The first-order valence-electron chi connectivity index (χ1n) is 8.91. The van der Waals surface area contributed by atoms with E-state index in [4.69, 9.17) is 10.2 Å². The first-order valence-corrected chi connectivity index (χ1v) is 8.91. The second-order valence-electron chi connectivity index (χ2n) is 5.80. The number of hydrogen-bond donors (Lipinski definition) is 0. The number of hydrogen-bond acceptors (Lipinski definition) is 2. The molecule has 3 heteroatoms. The first kappa shape index (κ1) is 29.3. The van der Waals surface area contributed by atoms with Crippen LogP contribution in [0.1, 0.15) is 61.8 Å². The molecule has 0 saturated heterocycles. The largest absolute Gasteiger partial charge is 4.00 e. The van der Waals surface area contributed by atoms with Gasteiger partial charge in [-0.15, -0.1) is 0 Å². The van der Waals surface area contributed by atoms with Gasteiger partial charge < -0.3 is 10.2 Å². The van der Waals surface area contributed by atoms with Gasteiger partial charge in [0.2, 0.25) is 0 Å². The van der Waals surface area contributed by atoms with Gasteiger partial charge in [-0.05, 0) is 0 Å². The summed E-state index contributed by atoms with van der Waals surface area (Å²) in [4.78, 5) is 0. The average Bonchev–Trinajstić information content (AvgIpc) is 3.23. The third kappa shape index (κ3) is 16.7. The van der Waals surface area contributed by atoms with Crippen LogP contribution in [0.5, 0.6) is 0 Å². The summed E-state index contributed by atoms with van der Waals surface area (Å²) >= 11 is 0. The fraction of sp³-hybridized carbons (Fsp3) is 0.545. The van der Waals surface area contributed by atoms with Crippen molar-refractivity contribution in [1.29, 1.82) is 0 Å². The molecular weight excluding hydrogens is 387 g/mol. The molecule has 25 heavy (non-hydrogen) atoms. The Hall–Kier alpha value is -0.497. The smallest absolute Gasteiger partial charge is 0.857 e. The summed E-state index contributed by atoms with van der Waals surface area (Å²) in [5.41, 5.74) is 5.79. The first-order chi connectivity index (χ1) is 11.7. The quantitative estimate of drug-likeness (QED) is 0.658. The molecule has 0 atom stereocenters. The van der Waals surface area contributed by atoms with Gasteiger partial charge in [0.25, 0.3) is 0 Å². The molecule has 0 heterocycles. The Bertz CT molecular complexity index is 428. The fourth-order valence-corrected chi connectivity index (χ4v) is 2.33. The summed E-state index contributed by atoms with van der Waals surface area (Å²) in [5, 5.41) is 16.5. The third-order valence-corrected chi connectivity index (χ3v) is 3.58. The van der Waals surface area contributed by atoms with Crippen molar-refractivity contribution in [3.8, 4) is 0 Å². The summed E-state index contributed by atoms with van der Waals surface area (Å²) in [5.74, 6) is 0. The molecule has 2 nitrogen and oxygen atoms in total. The SMILES string of the molecule is CCCCc1cc[c-](C)c1.CCCCc1cc[c-](C)c1.C[O-].C[O-].[Zr+4]. The molecular formula is C22H36O2Zr. The van der Waals surface area contributed by atoms with Crippen LogP contribution in [0, 0.1) is 13.8 Å². The van der Waals surface area contributed by atoms with Gasteiger partial charge in [-0.2, -0.15) is 60.7 Å². The van der Waals surface area contributed by atoms with E-state index < -0.39 is 0 Å². The predicted octanol–water partition coefficient (Wildman–Crippen LogP) is 4.06. The van der Waals surface area contributed by atoms with Crippen LogP contribution < -0.4 is 10.2 Å². The second kappa shape index (κ2) is 21.5. The van der Waals surface area contributed by atoms with Crippen LogP contribution in [0.2, 0.25) is 0 Å². The van der Waals surface area contributed by atoms with Gasteiger partial charge in [0.1, 0.15) is 0 Å². The number of aryl methyl sites for hydroxylation is 4. The molecule has 0 spiro atoms. The predicted molar refractivity (Wildman–Crippen MR) is 103 cm³/mol. The van der Waals surface area contributed by atoms with E-state index in [1.165, 1.54) is 60.8 Å². The minimum absolute atomic E-state index is 0. The van der Waals surface area contributed by atoms with Crippen LogP contribution in [0.4, 0.5) is 0 Å². The standard InChI is InChI=1S/2C10H15.2CH3O.Zr/c2*1-3-4-5-10-7-6-9(2)8-10;2*1-2;/h2*6-8H,3-5H2,1-2H3;2*1H3;/q4*-1;+4. The summed E-state index contributed by atoms with van der Waals surface area (Å²) in [7, 11) is 1.50. The molecule has 0 amide bonds. The zero-order valence-electron chi connectivity index (χ0n) is 17.0. The summed E-state index contributed by atoms with van der Waals surface area (Å²) in [6.07, 6.45) is 7.75. The van der Waals surface area contributed by atoms with E-state index in [1.54, 1.807) is 0 Å². The maximum absolute atomic E-state index is 8.25. The maximum Gasteiger partial charge on any atom is 4.00 e. The van der Waals surface area contributed by atoms with Crippen molar-refractivity contribution in [1.82, 2.24) is 0 Å². The van der Waals surface area contributed by atoms with Crippen LogP contribution in [-0.2, 0) is 39.0 Å². The van der Waals surface area contributed by atoms with Gasteiger partial charge in [0.05, 0.1) is 0 Å². The Morgan fingerprint density at radius 3 is 1.24 bits per heavy atom. The van der Waals surface area contributed by atoms with Crippen LogP contribution in [-0.4, -0.2) is 14.2 Å². The molecule has 140 valence electrons. The topological polar surface area (TPSA) is 46.1 Å². The van der Waals surface area contributed by atoms with Crippen molar-refractivity contribution in [3.63, 3.8) is 0 Å². The van der Waals surface area contributed by atoms with E-state index in [9.17, 15) is 0 Å². The van der Waals surface area contributed by atoms with Crippen molar-refractivity contribution < 1.29 is 36.4 Å². The van der Waals surface area contributed by atoms with Crippen LogP contribution >= 0.6 is 0 Å². The summed E-state index contributed by atoms with van der Waals surface area (Å²) in [6, 6.07) is 13.4. The Labute approximate surface area is 175 Å². The number of rotatable bonds is 6. The molecule has 2 rings (SSSR count). The normalized spacial score (nSPS) is 8.64. The zero-order chi connectivity index (χ0) is 18.8. The van der Waals surface area contributed by atoms with Gasteiger partial charge >= 0.3 is 26.2 Å². The molecule has 0 radical (unpaired) electrons. The van der Waals surface area contributed by atoms with Crippen molar-refractivity contribution in [3.05, 3.63) is 58.7 Å². The summed E-state index contributed by atoms with van der Waals surface area (Å²) < 4.78 is 0. The van der Waals surface area contributed by atoms with Crippen LogP contribution in [0.3, 0.4) is 0 Å². The van der Waals surface area contributed by atoms with E-state index in [0.717, 1.165) is 14.2 Å². The van der Waals surface area contributed by atoms with Gasteiger partial charge in [-0.1, -0.05) is 66.2 Å². The Kier molecular flexibility index (Phi) is 25.2. The van der Waals surface area contributed by atoms with E-state index >= 15 is 0 Å². The van der Waals surface area contributed by atoms with Gasteiger partial charge in [0, 0.05) is 0 Å². The monoisotopic (exact) mass is 422 g/mol. The van der Waals surface area contributed by atoms with Crippen molar-refractivity contribution in [2.45, 2.75) is 66.2 Å². The minimum atomic E-state index is 0. The number of unbranched alkanes of at least 4 members (excludes halogenated alkanes) is 2. The van der Waals surface area contributed by atoms with Crippen molar-refractivity contribution in [2.75, 3.05) is 14.2 Å². The Morgan fingerprint density at radius 1 is 0.720 bits per heavy atom. The molecule has 0 aliphatic carbocycles. The minimum Gasteiger partial charge on any atom is -0.857 e. The molecule has 0 unspecified atom stereocenters. The van der Waals surface area contributed by atoms with E-state index in [0.29, 0.717) is 0 Å². The Morgan fingerprint density at radius 2 is 1.04 bits per heavy atom. The van der Waals surface area contributed by atoms with Crippen LogP contribution in [0.25, 0.3) is 0 Å². The molecule has 2 aromatic rings. The van der Waals surface area contributed by atoms with E-state index in [2.05, 4.69) is 64.1 Å². The van der Waals surface area contributed by atoms with Gasteiger partial charge in [-0.25, -0.2) is 12.1 Å². The molecule has 0 aliphatic rings. The molecule has 0 fully saturated rings. The van der Waals surface area contributed by atoms with Crippen LogP contribution in [0.15, 0.2) is 36.4 Å². The third-order valence-electron chi connectivity index (χ3n) is 3.58. The molecule has 0 aromatic heterocycles. The van der Waals surface area contributed by atoms with Crippen molar-refractivity contribution in [2.24, 2.45) is 0 Å². The molecule has 0 saturated carbocycles. The zero-order valence-corrected chi connectivity index (χ0v) is 19.5. The summed E-state index contributed by atoms with van der Waals surface area (Å²) in [6.45, 7) is 8.76. The maximum atomic E-state index is 8.25. The fourth-order valence-electron chi connectivity index (χ4n) is 2.33. The van der Waals surface area contributed by atoms with Crippen molar-refractivity contribution >= 4 is 0 Å². The van der Waals surface area contributed by atoms with E-state index in [1.807, 2.05) is 0 Å². The second-order valence-corrected chi connectivity index (χ2v) is 5.80. The molecule has 0 N–H and O–H groups in total. The Balaban J connectivity index is -0.000000312. The van der Waals surface area contributed by atoms with Gasteiger partial charge in [-0.3, -0.25) is 0 Å². The molecule has 0 bridgehead atoms. The average molecular weight is 424 g/mol.